The van der Waals surface area contributed by atoms with E-state index in [0.29, 0.717) is 11.9 Å². The van der Waals surface area contributed by atoms with Crippen LogP contribution in [-0.4, -0.2) is 9.97 Å². The molecule has 66 valence electrons. The van der Waals surface area contributed by atoms with E-state index in [1.165, 1.54) is 31.4 Å². The summed E-state index contributed by atoms with van der Waals surface area (Å²) in [5, 5.41) is 0. The summed E-state index contributed by atoms with van der Waals surface area (Å²) in [5.41, 5.74) is 3.73. The number of nitrogens with two attached hydrogens (primary N) is 1. The minimum Gasteiger partial charge on any atom is -0.327 e. The normalized spacial score (nSPS) is 18.4. The van der Waals surface area contributed by atoms with Crippen LogP contribution in [0.2, 0.25) is 0 Å². The summed E-state index contributed by atoms with van der Waals surface area (Å²) in [4.78, 5) is 7.25. The summed E-state index contributed by atoms with van der Waals surface area (Å²) in [5.74, 6) is 6.56. The Kier molecular flexibility index (Phi) is 1.99. The van der Waals surface area contributed by atoms with Crippen molar-refractivity contribution >= 4 is 5.95 Å². The first-order valence-electron chi connectivity index (χ1n) is 4.41. The minimum absolute atomic E-state index is 0.664. The highest BCUT2D eigenvalue weighted by molar-refractivity contribution is 5.25. The van der Waals surface area contributed by atoms with Crippen LogP contribution in [0.25, 0.3) is 0 Å². The Morgan fingerprint density at radius 3 is 2.83 bits per heavy atom. The first-order chi connectivity index (χ1) is 5.90. The van der Waals surface area contributed by atoms with E-state index in [9.17, 15) is 0 Å². The van der Waals surface area contributed by atoms with Crippen LogP contribution in [0, 0.1) is 0 Å². The molecule has 4 heteroatoms. The highest BCUT2D eigenvalue weighted by atomic mass is 15.3. The zero-order chi connectivity index (χ0) is 8.39. The molecule has 0 atom stereocenters. The third-order valence-corrected chi connectivity index (χ3v) is 2.53. The number of aromatic amines is 1. The highest BCUT2D eigenvalue weighted by Crippen LogP contribution is 2.33. The number of anilines is 1. The number of nitrogens with zero attached hydrogens (tertiary/aromatic N) is 1. The zero-order valence-electron chi connectivity index (χ0n) is 7.01. The van der Waals surface area contributed by atoms with E-state index in [0.717, 1.165) is 0 Å². The molecule has 1 aromatic rings. The molecule has 0 bridgehead atoms. The van der Waals surface area contributed by atoms with Gasteiger partial charge >= 0.3 is 0 Å². The lowest BCUT2D eigenvalue weighted by Crippen LogP contribution is -2.08. The molecular formula is C8H14N4. The second kappa shape index (κ2) is 3.15. The van der Waals surface area contributed by atoms with Gasteiger partial charge in [-0.1, -0.05) is 12.8 Å². The molecule has 4 N–H and O–H groups in total. The van der Waals surface area contributed by atoms with Gasteiger partial charge in [0.2, 0.25) is 5.95 Å². The fraction of sp³-hybridized carbons (Fsp3) is 0.625. The maximum atomic E-state index is 5.22. The van der Waals surface area contributed by atoms with Gasteiger partial charge in [0.1, 0.15) is 0 Å². The van der Waals surface area contributed by atoms with Crippen molar-refractivity contribution in [3.63, 3.8) is 0 Å². The molecule has 1 heterocycles. The predicted octanol–water partition coefficient (Wildman–Crippen LogP) is 1.35. The molecule has 1 saturated carbocycles. The van der Waals surface area contributed by atoms with E-state index in [4.69, 9.17) is 5.84 Å². The van der Waals surface area contributed by atoms with Crippen LogP contribution in [0.3, 0.4) is 0 Å². The van der Waals surface area contributed by atoms with Crippen molar-refractivity contribution in [2.24, 2.45) is 5.84 Å². The van der Waals surface area contributed by atoms with Crippen LogP contribution >= 0.6 is 0 Å². The molecule has 4 nitrogen and oxygen atoms in total. The van der Waals surface area contributed by atoms with Gasteiger partial charge in [-0.25, -0.2) is 10.8 Å². The predicted molar refractivity (Wildman–Crippen MR) is 47.6 cm³/mol. The molecule has 0 aromatic carbocycles. The second-order valence-electron chi connectivity index (χ2n) is 3.31. The first kappa shape index (κ1) is 7.61. The van der Waals surface area contributed by atoms with Gasteiger partial charge in [-0.15, -0.1) is 0 Å². The SMILES string of the molecule is NNc1ncc(C2CCCC2)[nH]1. The minimum atomic E-state index is 0.664. The number of aromatic nitrogens is 2. The molecule has 1 aliphatic rings. The standard InChI is InChI=1S/C8H14N4/c9-12-8-10-5-7(11-8)6-3-1-2-4-6/h5-6H,1-4,9H2,(H2,10,11,12). The van der Waals surface area contributed by atoms with Crippen LogP contribution in [-0.2, 0) is 0 Å². The van der Waals surface area contributed by atoms with Gasteiger partial charge in [0.15, 0.2) is 0 Å². The summed E-state index contributed by atoms with van der Waals surface area (Å²) in [6.45, 7) is 0. The number of rotatable bonds is 2. The van der Waals surface area contributed by atoms with Gasteiger partial charge < -0.3 is 4.98 Å². The topological polar surface area (TPSA) is 66.7 Å². The number of hydrogen-bond donors (Lipinski definition) is 3. The molecule has 0 spiro atoms. The first-order valence-corrected chi connectivity index (χ1v) is 4.41. The summed E-state index contributed by atoms with van der Waals surface area (Å²) in [6, 6.07) is 0. The molecule has 0 aliphatic heterocycles. The molecule has 12 heavy (non-hydrogen) atoms. The average molecular weight is 166 g/mol. The molecule has 0 saturated heterocycles. The van der Waals surface area contributed by atoms with E-state index in [-0.39, 0.29) is 0 Å². The van der Waals surface area contributed by atoms with Gasteiger partial charge in [0.05, 0.1) is 6.20 Å². The van der Waals surface area contributed by atoms with Crippen LogP contribution in [0.4, 0.5) is 5.95 Å². The van der Waals surface area contributed by atoms with Crippen molar-refractivity contribution in [1.82, 2.24) is 9.97 Å². The quantitative estimate of drug-likeness (QED) is 0.459. The monoisotopic (exact) mass is 166 g/mol. The Labute approximate surface area is 71.5 Å². The largest absolute Gasteiger partial charge is 0.327 e. The van der Waals surface area contributed by atoms with Gasteiger partial charge in [-0.3, -0.25) is 5.43 Å². The van der Waals surface area contributed by atoms with Crippen molar-refractivity contribution in [2.75, 3.05) is 5.43 Å². The van der Waals surface area contributed by atoms with E-state index in [1.807, 2.05) is 6.20 Å². The Bertz CT molecular complexity index is 249. The smallest absolute Gasteiger partial charge is 0.214 e. The Hall–Kier alpha value is -1.03. The summed E-state index contributed by atoms with van der Waals surface area (Å²) >= 11 is 0. The van der Waals surface area contributed by atoms with Crippen molar-refractivity contribution in [1.29, 1.82) is 0 Å². The molecule has 0 radical (unpaired) electrons. The lowest BCUT2D eigenvalue weighted by molar-refractivity contribution is 0.703. The zero-order valence-corrected chi connectivity index (χ0v) is 7.01. The van der Waals surface area contributed by atoms with E-state index in [1.54, 1.807) is 0 Å². The molecule has 1 aliphatic carbocycles. The Balaban J connectivity index is 2.11. The number of hydrazine groups is 1. The van der Waals surface area contributed by atoms with E-state index >= 15 is 0 Å². The number of hydrogen-bond acceptors (Lipinski definition) is 3. The van der Waals surface area contributed by atoms with Gasteiger partial charge in [-0.2, -0.15) is 0 Å². The van der Waals surface area contributed by atoms with Gasteiger partial charge in [0, 0.05) is 11.6 Å². The fourth-order valence-corrected chi connectivity index (χ4v) is 1.85. The van der Waals surface area contributed by atoms with Crippen molar-refractivity contribution in [3.05, 3.63) is 11.9 Å². The van der Waals surface area contributed by atoms with Gasteiger partial charge in [0.25, 0.3) is 0 Å². The summed E-state index contributed by atoms with van der Waals surface area (Å²) in [7, 11) is 0. The number of nitrogens with one attached hydrogen (secondary N) is 2. The second-order valence-corrected chi connectivity index (χ2v) is 3.31. The molecule has 1 fully saturated rings. The maximum Gasteiger partial charge on any atom is 0.214 e. The van der Waals surface area contributed by atoms with Crippen molar-refractivity contribution in [2.45, 2.75) is 31.6 Å². The molecular weight excluding hydrogens is 152 g/mol. The lowest BCUT2D eigenvalue weighted by Gasteiger charge is -2.03. The van der Waals surface area contributed by atoms with Crippen molar-refractivity contribution < 1.29 is 0 Å². The van der Waals surface area contributed by atoms with Gasteiger partial charge in [-0.05, 0) is 12.8 Å². The third-order valence-electron chi connectivity index (χ3n) is 2.53. The maximum absolute atomic E-state index is 5.22. The van der Waals surface area contributed by atoms with Crippen LogP contribution in [0.15, 0.2) is 6.20 Å². The number of imidazole rings is 1. The number of nitrogen functional groups attached to an aromatic ring is 1. The summed E-state index contributed by atoms with van der Waals surface area (Å²) < 4.78 is 0. The molecule has 2 rings (SSSR count). The molecule has 0 amide bonds. The Morgan fingerprint density at radius 2 is 2.25 bits per heavy atom. The average Bonchev–Trinajstić information content (AvgIpc) is 2.75. The molecule has 0 unspecified atom stereocenters. The van der Waals surface area contributed by atoms with Crippen molar-refractivity contribution in [3.8, 4) is 0 Å². The Morgan fingerprint density at radius 1 is 1.50 bits per heavy atom. The fourth-order valence-electron chi connectivity index (χ4n) is 1.85. The molecule has 1 aromatic heterocycles. The van der Waals surface area contributed by atoms with E-state index < -0.39 is 0 Å². The number of H-pyrrole nitrogens is 1. The lowest BCUT2D eigenvalue weighted by atomic mass is 10.1. The third kappa shape index (κ3) is 1.30. The van der Waals surface area contributed by atoms with E-state index in [2.05, 4.69) is 15.4 Å². The van der Waals surface area contributed by atoms with Crippen LogP contribution < -0.4 is 11.3 Å². The summed E-state index contributed by atoms with van der Waals surface area (Å²) in [6.07, 6.45) is 7.13. The van der Waals surface area contributed by atoms with Crippen LogP contribution in [0.1, 0.15) is 37.3 Å². The highest BCUT2D eigenvalue weighted by Gasteiger charge is 2.18. The van der Waals surface area contributed by atoms with Crippen LogP contribution in [0.5, 0.6) is 0 Å².